The van der Waals surface area contributed by atoms with Gasteiger partial charge >= 0.3 is 12.0 Å². The second kappa shape index (κ2) is 8.03. The van der Waals surface area contributed by atoms with E-state index in [1.165, 1.54) is 40.9 Å². The highest BCUT2D eigenvalue weighted by molar-refractivity contribution is 7.99. The van der Waals surface area contributed by atoms with Crippen LogP contribution in [-0.4, -0.2) is 58.8 Å². The molecule has 1 saturated heterocycles. The Hall–Kier alpha value is -2.85. The van der Waals surface area contributed by atoms with E-state index in [0.717, 1.165) is 12.1 Å². The average molecular weight is 420 g/mol. The van der Waals surface area contributed by atoms with E-state index in [4.69, 9.17) is 0 Å². The van der Waals surface area contributed by atoms with Gasteiger partial charge in [-0.3, -0.25) is 4.79 Å². The molecule has 0 aromatic heterocycles. The van der Waals surface area contributed by atoms with Crippen molar-refractivity contribution in [2.75, 3.05) is 18.2 Å². The number of imide groups is 1. The summed E-state index contributed by atoms with van der Waals surface area (Å²) in [5.41, 5.74) is -0.518. The topological polar surface area (TPSA) is 112 Å². The molecule has 2 aromatic carbocycles. The lowest BCUT2D eigenvalue weighted by molar-refractivity contribution is 0.0690. The molecule has 146 valence electrons. The van der Waals surface area contributed by atoms with E-state index in [9.17, 15) is 27.9 Å². The molecule has 3 amide bonds. The maximum atomic E-state index is 13.3. The van der Waals surface area contributed by atoms with Crippen LogP contribution in [-0.2, 0) is 10.0 Å². The van der Waals surface area contributed by atoms with Crippen LogP contribution >= 0.6 is 11.8 Å². The van der Waals surface area contributed by atoms with Crippen LogP contribution in [0.2, 0.25) is 0 Å². The predicted molar refractivity (Wildman–Crippen MR) is 103 cm³/mol. The van der Waals surface area contributed by atoms with Gasteiger partial charge in [0.2, 0.25) is 0 Å². The van der Waals surface area contributed by atoms with Crippen molar-refractivity contribution in [1.29, 1.82) is 0 Å². The molecule has 1 fully saturated rings. The van der Waals surface area contributed by atoms with E-state index in [0.29, 0.717) is 5.75 Å². The molecule has 1 aliphatic rings. The molecular weight excluding hydrogens is 404 g/mol. The molecule has 1 heterocycles. The molecule has 3 rings (SSSR count). The molecule has 0 radical (unpaired) electrons. The molecule has 0 atom stereocenters. The number of carboxylic acids is 1. The first-order valence-corrected chi connectivity index (χ1v) is 10.8. The Bertz CT molecular complexity index is 1020. The van der Waals surface area contributed by atoms with Gasteiger partial charge < -0.3 is 10.0 Å². The van der Waals surface area contributed by atoms with Crippen LogP contribution in [0, 0.1) is 0 Å². The van der Waals surface area contributed by atoms with Crippen LogP contribution in [0.4, 0.5) is 4.79 Å². The highest BCUT2D eigenvalue weighted by atomic mass is 32.2. The minimum atomic E-state index is -4.76. The summed E-state index contributed by atoms with van der Waals surface area (Å²) >= 11 is 1.43. The largest absolute Gasteiger partial charge is 0.478 e. The van der Waals surface area contributed by atoms with E-state index in [2.05, 4.69) is 0 Å². The number of rotatable bonds is 4. The molecule has 0 aliphatic carbocycles. The first-order chi connectivity index (χ1) is 13.3. The molecule has 0 unspecified atom stereocenters. The number of thioether (sulfide) groups is 1. The van der Waals surface area contributed by atoms with E-state index in [1.54, 1.807) is 18.2 Å². The normalized spacial score (nSPS) is 13.9. The molecule has 0 bridgehead atoms. The van der Waals surface area contributed by atoms with Crippen molar-refractivity contribution >= 4 is 39.7 Å². The highest BCUT2D eigenvalue weighted by Gasteiger charge is 2.41. The first-order valence-electron chi connectivity index (χ1n) is 8.17. The third-order valence-corrected chi connectivity index (χ3v) is 6.72. The standard InChI is InChI=1S/C18H16N2O6S2/c21-16(13-6-2-1-3-7-13)20(18(24)19-10-11-27-12-19)28(25,26)15-9-5-4-8-14(15)17(22)23/h1-9H,10-12H2,(H,22,23). The smallest absolute Gasteiger partial charge is 0.342 e. The van der Waals surface area contributed by atoms with Crippen LogP contribution in [0.15, 0.2) is 59.5 Å². The number of hydrogen-bond acceptors (Lipinski definition) is 6. The summed E-state index contributed by atoms with van der Waals surface area (Å²) in [4.78, 5) is 38.1. The number of nitrogens with zero attached hydrogens (tertiary/aromatic N) is 2. The summed E-state index contributed by atoms with van der Waals surface area (Å²) in [5, 5.41) is 9.35. The van der Waals surface area contributed by atoms with Gasteiger partial charge in [0.25, 0.3) is 15.9 Å². The fraction of sp³-hybridized carbons (Fsp3) is 0.167. The lowest BCUT2D eigenvalue weighted by Gasteiger charge is -2.26. The number of amides is 3. The second-order valence-corrected chi connectivity index (χ2v) is 8.66. The van der Waals surface area contributed by atoms with Gasteiger partial charge in [-0.2, -0.15) is 0 Å². The molecule has 2 aromatic rings. The van der Waals surface area contributed by atoms with Crippen LogP contribution in [0.5, 0.6) is 0 Å². The molecule has 0 spiro atoms. The van der Waals surface area contributed by atoms with Crippen molar-refractivity contribution in [1.82, 2.24) is 9.21 Å². The first kappa shape index (κ1) is 19.9. The van der Waals surface area contributed by atoms with Gasteiger partial charge in [0, 0.05) is 17.9 Å². The van der Waals surface area contributed by atoms with Gasteiger partial charge in [-0.25, -0.2) is 18.0 Å². The van der Waals surface area contributed by atoms with Gasteiger partial charge in [0.05, 0.1) is 11.4 Å². The van der Waals surface area contributed by atoms with Crippen LogP contribution in [0.1, 0.15) is 20.7 Å². The zero-order chi connectivity index (χ0) is 20.3. The summed E-state index contributed by atoms with van der Waals surface area (Å²) in [7, 11) is -4.76. The zero-order valence-corrected chi connectivity index (χ0v) is 16.1. The summed E-state index contributed by atoms with van der Waals surface area (Å²) in [6, 6.07) is 11.4. The minimum absolute atomic E-state index is 0.000851. The van der Waals surface area contributed by atoms with E-state index in [1.807, 2.05) is 0 Å². The van der Waals surface area contributed by atoms with Crippen molar-refractivity contribution in [2.24, 2.45) is 0 Å². The zero-order valence-electron chi connectivity index (χ0n) is 14.5. The van der Waals surface area contributed by atoms with Gasteiger partial charge in [-0.05, 0) is 24.3 Å². The third-order valence-electron chi connectivity index (χ3n) is 4.04. The van der Waals surface area contributed by atoms with Gasteiger partial charge in [0.15, 0.2) is 0 Å². The Labute approximate surface area is 165 Å². The van der Waals surface area contributed by atoms with Crippen molar-refractivity contribution in [3.8, 4) is 0 Å². The molecule has 10 heteroatoms. The maximum absolute atomic E-state index is 13.3. The Morgan fingerprint density at radius 2 is 1.64 bits per heavy atom. The summed E-state index contributed by atoms with van der Waals surface area (Å²) < 4.78 is 26.7. The third kappa shape index (κ3) is 3.73. The maximum Gasteiger partial charge on any atom is 0.342 e. The second-order valence-electron chi connectivity index (χ2n) is 5.83. The van der Waals surface area contributed by atoms with E-state index < -0.39 is 38.4 Å². The number of benzene rings is 2. The molecule has 0 saturated carbocycles. The summed E-state index contributed by atoms with van der Waals surface area (Å²) in [6.45, 7) is 0.290. The number of urea groups is 1. The fourth-order valence-corrected chi connectivity index (χ4v) is 5.12. The molecular formula is C18H16N2O6S2. The van der Waals surface area contributed by atoms with E-state index in [-0.39, 0.29) is 22.3 Å². The number of carboxylic acid groups (broad SMARTS) is 1. The number of sulfonamides is 1. The van der Waals surface area contributed by atoms with Crippen LogP contribution in [0.3, 0.4) is 0 Å². The number of hydrogen-bond donors (Lipinski definition) is 1. The minimum Gasteiger partial charge on any atom is -0.478 e. The quantitative estimate of drug-likeness (QED) is 0.808. The molecule has 28 heavy (non-hydrogen) atoms. The molecule has 1 N–H and O–H groups in total. The lowest BCUT2D eigenvalue weighted by atomic mass is 10.2. The Balaban J connectivity index is 2.14. The van der Waals surface area contributed by atoms with Gasteiger partial charge in [-0.1, -0.05) is 30.3 Å². The number of carbonyl (C=O) groups is 3. The molecule has 1 aliphatic heterocycles. The van der Waals surface area contributed by atoms with E-state index >= 15 is 0 Å². The Morgan fingerprint density at radius 1 is 1.00 bits per heavy atom. The number of carbonyl (C=O) groups excluding carboxylic acids is 2. The Kier molecular flexibility index (Phi) is 5.71. The SMILES string of the molecule is O=C(O)c1ccccc1S(=O)(=O)N(C(=O)c1ccccc1)C(=O)N1CCSC1. The lowest BCUT2D eigenvalue weighted by Crippen LogP contribution is -2.48. The monoisotopic (exact) mass is 420 g/mol. The van der Waals surface area contributed by atoms with Crippen LogP contribution < -0.4 is 0 Å². The van der Waals surface area contributed by atoms with Crippen molar-refractivity contribution in [2.45, 2.75) is 4.90 Å². The highest BCUT2D eigenvalue weighted by Crippen LogP contribution is 2.25. The predicted octanol–water partition coefficient (Wildman–Crippen LogP) is 2.34. The summed E-state index contributed by atoms with van der Waals surface area (Å²) in [5.74, 6) is -1.66. The molecule has 8 nitrogen and oxygen atoms in total. The van der Waals surface area contributed by atoms with Crippen molar-refractivity contribution < 1.29 is 27.9 Å². The summed E-state index contributed by atoms with van der Waals surface area (Å²) in [6.07, 6.45) is 0. The van der Waals surface area contributed by atoms with Crippen molar-refractivity contribution in [3.63, 3.8) is 0 Å². The van der Waals surface area contributed by atoms with Gasteiger partial charge in [-0.15, -0.1) is 16.1 Å². The number of aromatic carboxylic acids is 1. The average Bonchev–Trinajstić information content (AvgIpc) is 3.23. The van der Waals surface area contributed by atoms with Crippen molar-refractivity contribution in [3.05, 3.63) is 65.7 Å². The van der Waals surface area contributed by atoms with Gasteiger partial charge in [0.1, 0.15) is 4.90 Å². The fourth-order valence-electron chi connectivity index (χ4n) is 2.66. The Morgan fingerprint density at radius 3 is 2.25 bits per heavy atom. The van der Waals surface area contributed by atoms with Crippen LogP contribution in [0.25, 0.3) is 0 Å².